The molecule has 0 unspecified atom stereocenters. The molecule has 2 aromatic rings. The van der Waals surface area contributed by atoms with Crippen LogP contribution in [0.15, 0.2) is 35.5 Å². The van der Waals surface area contributed by atoms with Crippen molar-refractivity contribution in [2.75, 3.05) is 12.4 Å². The largest absolute Gasteiger partial charge is 0.497 e. The number of anilines is 1. The topological polar surface area (TPSA) is 51.4 Å². The minimum Gasteiger partial charge on any atom is -0.497 e. The van der Waals surface area contributed by atoms with E-state index in [9.17, 15) is 0 Å². The van der Waals surface area contributed by atoms with Gasteiger partial charge in [-0.15, -0.1) is 0 Å². The van der Waals surface area contributed by atoms with Crippen molar-refractivity contribution < 1.29 is 4.74 Å². The Hall–Kier alpha value is -2.56. The number of methoxy groups -OCH3 is 1. The van der Waals surface area contributed by atoms with Crippen LogP contribution in [0.2, 0.25) is 0 Å². The summed E-state index contributed by atoms with van der Waals surface area (Å²) in [5.41, 5.74) is 3.87. The van der Waals surface area contributed by atoms with E-state index in [1.807, 2.05) is 37.4 Å². The highest BCUT2D eigenvalue weighted by molar-refractivity contribution is 5.70. The van der Waals surface area contributed by atoms with Gasteiger partial charge in [0.2, 0.25) is 0 Å². The van der Waals surface area contributed by atoms with Gasteiger partial charge in [0.25, 0.3) is 0 Å². The van der Waals surface area contributed by atoms with Gasteiger partial charge in [-0.2, -0.15) is 0 Å². The zero-order valence-corrected chi connectivity index (χ0v) is 13.7. The highest BCUT2D eigenvalue weighted by Gasteiger charge is 2.19. The Morgan fingerprint density at radius 2 is 2.13 bits per heavy atom. The van der Waals surface area contributed by atoms with E-state index in [1.54, 1.807) is 7.11 Å². The van der Waals surface area contributed by atoms with Gasteiger partial charge in [0.15, 0.2) is 0 Å². The first-order chi connectivity index (χ1) is 11.2. The lowest BCUT2D eigenvalue weighted by molar-refractivity contribution is 0.415. The molecule has 23 heavy (non-hydrogen) atoms. The molecule has 0 atom stereocenters. The highest BCUT2D eigenvalue weighted by Crippen LogP contribution is 2.26. The molecule has 3 rings (SSSR count). The average Bonchev–Trinajstić information content (AvgIpc) is 2.92. The molecule has 1 aliphatic heterocycles. The number of ether oxygens (including phenoxy) is 1. The van der Waals surface area contributed by atoms with Gasteiger partial charge in [0.05, 0.1) is 18.5 Å². The number of aryl methyl sites for hydroxylation is 2. The number of nitrogens with zero attached hydrogens (tertiary/aromatic N) is 3. The summed E-state index contributed by atoms with van der Waals surface area (Å²) >= 11 is 0. The molecular formula is C18H22N4O. The standard InChI is InChI=1S/C18H22N4O/c1-13-18(22-11-5-4-6-17(22)21-13)16(19-2)12-20-14-7-9-15(23-3)10-8-14/h7-10,12,20H,2,4-6,11H2,1,3H3/b16-12-. The van der Waals surface area contributed by atoms with Crippen LogP contribution in [0.5, 0.6) is 5.75 Å². The van der Waals surface area contributed by atoms with E-state index in [-0.39, 0.29) is 0 Å². The number of aliphatic imine (C=N–C) groups is 1. The summed E-state index contributed by atoms with van der Waals surface area (Å²) in [5, 5.41) is 3.28. The van der Waals surface area contributed by atoms with Crippen LogP contribution in [0.3, 0.4) is 0 Å². The van der Waals surface area contributed by atoms with Crippen LogP contribution in [0.25, 0.3) is 5.70 Å². The monoisotopic (exact) mass is 310 g/mol. The molecule has 0 aliphatic carbocycles. The van der Waals surface area contributed by atoms with E-state index < -0.39 is 0 Å². The summed E-state index contributed by atoms with van der Waals surface area (Å²) in [6, 6.07) is 7.77. The lowest BCUT2D eigenvalue weighted by atomic mass is 10.1. The Balaban J connectivity index is 1.87. The third kappa shape index (κ3) is 3.13. The molecule has 120 valence electrons. The van der Waals surface area contributed by atoms with Gasteiger partial charge >= 0.3 is 0 Å². The van der Waals surface area contributed by atoms with E-state index in [4.69, 9.17) is 4.74 Å². The SMILES string of the molecule is C=N/C(=C\Nc1ccc(OC)cc1)c1c(C)nc2n1CCCC2. The molecular weight excluding hydrogens is 288 g/mol. The smallest absolute Gasteiger partial charge is 0.119 e. The number of hydrogen-bond acceptors (Lipinski definition) is 4. The molecule has 0 bridgehead atoms. The van der Waals surface area contributed by atoms with Crippen LogP contribution >= 0.6 is 0 Å². The van der Waals surface area contributed by atoms with E-state index in [0.29, 0.717) is 0 Å². The molecule has 0 saturated carbocycles. The number of hydrogen-bond donors (Lipinski definition) is 1. The van der Waals surface area contributed by atoms with Crippen molar-refractivity contribution >= 4 is 18.1 Å². The molecule has 5 nitrogen and oxygen atoms in total. The Morgan fingerprint density at radius 3 is 2.83 bits per heavy atom. The van der Waals surface area contributed by atoms with Crippen molar-refractivity contribution in [3.05, 3.63) is 47.7 Å². The minimum absolute atomic E-state index is 0.818. The second-order valence-corrected chi connectivity index (χ2v) is 5.63. The number of fused-ring (bicyclic) bond motifs is 1. The first-order valence-electron chi connectivity index (χ1n) is 7.87. The molecule has 0 fully saturated rings. The van der Waals surface area contributed by atoms with Gasteiger partial charge in [-0.3, -0.25) is 4.99 Å². The molecule has 1 aromatic heterocycles. The highest BCUT2D eigenvalue weighted by atomic mass is 16.5. The summed E-state index contributed by atoms with van der Waals surface area (Å²) < 4.78 is 7.44. The molecule has 1 aromatic carbocycles. The first-order valence-corrected chi connectivity index (χ1v) is 7.87. The van der Waals surface area contributed by atoms with Crippen molar-refractivity contribution in [2.45, 2.75) is 32.7 Å². The summed E-state index contributed by atoms with van der Waals surface area (Å²) in [7, 11) is 1.66. The van der Waals surface area contributed by atoms with Gasteiger partial charge in [-0.05, 0) is 50.7 Å². The Bertz CT molecular complexity index is 728. The van der Waals surface area contributed by atoms with Gasteiger partial charge in [-0.25, -0.2) is 4.98 Å². The maximum Gasteiger partial charge on any atom is 0.119 e. The quantitative estimate of drug-likeness (QED) is 0.858. The fraction of sp³-hybridized carbons (Fsp3) is 0.333. The van der Waals surface area contributed by atoms with Gasteiger partial charge in [-0.1, -0.05) is 0 Å². The molecule has 0 spiro atoms. The first kappa shape index (κ1) is 15.3. The van der Waals surface area contributed by atoms with Crippen LogP contribution in [-0.4, -0.2) is 23.4 Å². The molecule has 0 amide bonds. The second kappa shape index (κ2) is 6.69. The number of imidazole rings is 1. The van der Waals surface area contributed by atoms with E-state index in [2.05, 4.69) is 26.6 Å². The normalized spacial score (nSPS) is 14.3. The summed E-state index contributed by atoms with van der Waals surface area (Å²) in [4.78, 5) is 8.90. The summed E-state index contributed by atoms with van der Waals surface area (Å²) in [5.74, 6) is 1.99. The maximum atomic E-state index is 5.17. The predicted molar refractivity (Wildman–Crippen MR) is 94.0 cm³/mol. The van der Waals surface area contributed by atoms with Crippen molar-refractivity contribution in [3.63, 3.8) is 0 Å². The van der Waals surface area contributed by atoms with Crippen LogP contribution < -0.4 is 10.1 Å². The fourth-order valence-electron chi connectivity index (χ4n) is 2.97. The lowest BCUT2D eigenvalue weighted by Crippen LogP contribution is -2.12. The average molecular weight is 310 g/mol. The Morgan fingerprint density at radius 1 is 1.35 bits per heavy atom. The molecule has 1 aliphatic rings. The van der Waals surface area contributed by atoms with Crippen molar-refractivity contribution in [2.24, 2.45) is 4.99 Å². The van der Waals surface area contributed by atoms with Gasteiger partial charge in [0, 0.05) is 24.9 Å². The Labute approximate surface area is 136 Å². The summed E-state index contributed by atoms with van der Waals surface area (Å²) in [6.45, 7) is 6.76. The second-order valence-electron chi connectivity index (χ2n) is 5.63. The zero-order valence-electron chi connectivity index (χ0n) is 13.7. The van der Waals surface area contributed by atoms with E-state index >= 15 is 0 Å². The molecule has 1 N–H and O–H groups in total. The van der Waals surface area contributed by atoms with Crippen molar-refractivity contribution in [3.8, 4) is 5.75 Å². The molecule has 0 saturated heterocycles. The van der Waals surface area contributed by atoms with Crippen LogP contribution in [0.4, 0.5) is 5.69 Å². The van der Waals surface area contributed by atoms with Gasteiger partial charge < -0.3 is 14.6 Å². The zero-order chi connectivity index (χ0) is 16.2. The van der Waals surface area contributed by atoms with Crippen molar-refractivity contribution in [1.82, 2.24) is 9.55 Å². The number of nitrogens with one attached hydrogen (secondary N) is 1. The maximum absolute atomic E-state index is 5.17. The lowest BCUT2D eigenvalue weighted by Gasteiger charge is -2.16. The van der Waals surface area contributed by atoms with Crippen LogP contribution in [-0.2, 0) is 13.0 Å². The third-order valence-electron chi connectivity index (χ3n) is 4.13. The van der Waals surface area contributed by atoms with E-state index in [0.717, 1.165) is 47.3 Å². The molecule has 0 radical (unpaired) electrons. The van der Waals surface area contributed by atoms with E-state index in [1.165, 1.54) is 12.8 Å². The third-order valence-corrected chi connectivity index (χ3v) is 4.13. The predicted octanol–water partition coefficient (Wildman–Crippen LogP) is 3.65. The van der Waals surface area contributed by atoms with Crippen LogP contribution in [0.1, 0.15) is 30.1 Å². The number of rotatable bonds is 5. The summed E-state index contributed by atoms with van der Waals surface area (Å²) in [6.07, 6.45) is 5.32. The van der Waals surface area contributed by atoms with Crippen LogP contribution in [0, 0.1) is 6.92 Å². The number of benzene rings is 1. The van der Waals surface area contributed by atoms with Crippen molar-refractivity contribution in [1.29, 1.82) is 0 Å². The fourth-order valence-corrected chi connectivity index (χ4v) is 2.97. The number of aromatic nitrogens is 2. The molecule has 2 heterocycles. The minimum atomic E-state index is 0.818. The Kier molecular flexibility index (Phi) is 4.46. The van der Waals surface area contributed by atoms with Gasteiger partial charge in [0.1, 0.15) is 17.3 Å². The molecule has 5 heteroatoms.